The summed E-state index contributed by atoms with van der Waals surface area (Å²) in [5, 5.41) is 0. The van der Waals surface area contributed by atoms with Crippen molar-refractivity contribution in [2.75, 3.05) is 39.9 Å². The van der Waals surface area contributed by atoms with Crippen LogP contribution in [0.25, 0.3) is 0 Å². The summed E-state index contributed by atoms with van der Waals surface area (Å²) in [7, 11) is 1.66. The Balaban J connectivity index is 1.57. The molecule has 0 unspecified atom stereocenters. The fraction of sp³-hybridized carbons (Fsp3) is 0.722. The van der Waals surface area contributed by atoms with Gasteiger partial charge in [0.25, 0.3) is 0 Å². The molecule has 0 aromatic carbocycles. The third-order valence-electron chi connectivity index (χ3n) is 5.78. The number of methoxy groups -OCH3 is 1. The number of carbonyl (C=O) groups excluding carboxylic acids is 2. The molecule has 7 heteroatoms. The Hall–Kier alpha value is -1.89. The van der Waals surface area contributed by atoms with E-state index in [-0.39, 0.29) is 23.3 Å². The van der Waals surface area contributed by atoms with Crippen LogP contribution in [0.2, 0.25) is 0 Å². The van der Waals surface area contributed by atoms with Crippen LogP contribution in [-0.4, -0.2) is 71.1 Å². The van der Waals surface area contributed by atoms with Gasteiger partial charge in [0.05, 0.1) is 12.9 Å². The second kappa shape index (κ2) is 7.56. The van der Waals surface area contributed by atoms with Gasteiger partial charge in [0.15, 0.2) is 0 Å². The molecule has 2 aliphatic heterocycles. The lowest BCUT2D eigenvalue weighted by Gasteiger charge is -2.47. The summed E-state index contributed by atoms with van der Waals surface area (Å²) in [5.41, 5.74) is 0.163. The maximum Gasteiger partial charge on any atom is 0.245 e. The first-order valence-electron chi connectivity index (χ1n) is 9.08. The highest BCUT2D eigenvalue weighted by atomic mass is 16.5. The molecule has 0 aliphatic carbocycles. The molecule has 0 bridgehead atoms. The van der Waals surface area contributed by atoms with E-state index in [1.165, 1.54) is 0 Å². The van der Waals surface area contributed by atoms with E-state index in [4.69, 9.17) is 4.74 Å². The summed E-state index contributed by atoms with van der Waals surface area (Å²) in [6, 6.07) is -0.220. The number of ether oxygens (including phenoxy) is 1. The number of imidazole rings is 1. The molecule has 1 aromatic rings. The Morgan fingerprint density at radius 2 is 2.12 bits per heavy atom. The van der Waals surface area contributed by atoms with Crippen LogP contribution in [0.15, 0.2) is 18.7 Å². The minimum Gasteiger partial charge on any atom is -0.383 e. The second-order valence-corrected chi connectivity index (χ2v) is 7.32. The first-order chi connectivity index (χ1) is 12.0. The molecule has 2 saturated heterocycles. The van der Waals surface area contributed by atoms with Crippen molar-refractivity contribution in [3.05, 3.63) is 18.7 Å². The minimum atomic E-state index is -0.220. The average molecular weight is 348 g/mol. The Labute approximate surface area is 148 Å². The van der Waals surface area contributed by atoms with Crippen LogP contribution in [0.4, 0.5) is 0 Å². The molecule has 7 nitrogen and oxygen atoms in total. The highest BCUT2D eigenvalue weighted by Gasteiger charge is 2.42. The molecule has 0 radical (unpaired) electrons. The molecule has 2 amide bonds. The maximum absolute atomic E-state index is 12.7. The van der Waals surface area contributed by atoms with E-state index >= 15 is 0 Å². The van der Waals surface area contributed by atoms with Gasteiger partial charge in [0.1, 0.15) is 6.04 Å². The van der Waals surface area contributed by atoms with E-state index in [1.807, 2.05) is 27.5 Å². The summed E-state index contributed by atoms with van der Waals surface area (Å²) in [4.78, 5) is 32.8. The molecular weight excluding hydrogens is 320 g/mol. The van der Waals surface area contributed by atoms with Crippen molar-refractivity contribution in [2.24, 2.45) is 5.41 Å². The van der Waals surface area contributed by atoms with Crippen LogP contribution in [-0.2, 0) is 14.3 Å². The lowest BCUT2D eigenvalue weighted by molar-refractivity contribution is -0.144. The van der Waals surface area contributed by atoms with Gasteiger partial charge in [-0.25, -0.2) is 4.98 Å². The van der Waals surface area contributed by atoms with Crippen molar-refractivity contribution >= 4 is 11.8 Å². The monoisotopic (exact) mass is 348 g/mol. The first kappa shape index (κ1) is 17.9. The van der Waals surface area contributed by atoms with Crippen molar-refractivity contribution in [2.45, 2.75) is 38.6 Å². The zero-order chi connectivity index (χ0) is 17.9. The second-order valence-electron chi connectivity index (χ2n) is 7.32. The number of aromatic nitrogens is 2. The molecule has 1 spiro atoms. The molecule has 0 saturated carbocycles. The SMILES string of the molecule is COCCN1CC2(CCC1=O)CCN(C(=O)[C@H](C)n1ccnc1)CC2. The standard InChI is InChI=1S/C18H28N4O3/c1-15(22-10-7-19-14-22)17(24)20-8-5-18(6-9-20)4-3-16(23)21(13-18)11-12-25-2/h7,10,14-15H,3-6,8-9,11-13H2,1-2H3/t15-/m0/s1. The minimum absolute atomic E-state index is 0.149. The Bertz CT molecular complexity index is 593. The fourth-order valence-corrected chi connectivity index (χ4v) is 4.01. The number of piperidine rings is 2. The first-order valence-corrected chi connectivity index (χ1v) is 9.08. The average Bonchev–Trinajstić information content (AvgIpc) is 3.17. The summed E-state index contributed by atoms with van der Waals surface area (Å²) >= 11 is 0. The van der Waals surface area contributed by atoms with E-state index in [1.54, 1.807) is 19.6 Å². The van der Waals surface area contributed by atoms with Gasteiger partial charge in [0.2, 0.25) is 11.8 Å². The van der Waals surface area contributed by atoms with Crippen molar-refractivity contribution < 1.29 is 14.3 Å². The zero-order valence-corrected chi connectivity index (χ0v) is 15.2. The molecule has 138 valence electrons. The van der Waals surface area contributed by atoms with E-state index in [2.05, 4.69) is 4.98 Å². The molecule has 2 fully saturated rings. The van der Waals surface area contributed by atoms with E-state index in [0.29, 0.717) is 19.6 Å². The molecule has 2 aliphatic rings. The lowest BCUT2D eigenvalue weighted by Crippen LogP contribution is -2.53. The highest BCUT2D eigenvalue weighted by molar-refractivity contribution is 5.80. The van der Waals surface area contributed by atoms with Gasteiger partial charge in [-0.05, 0) is 31.6 Å². The molecular formula is C18H28N4O3. The number of rotatable bonds is 5. The predicted octanol–water partition coefficient (Wildman–Crippen LogP) is 1.32. The van der Waals surface area contributed by atoms with Gasteiger partial charge in [-0.2, -0.15) is 0 Å². The molecule has 3 rings (SSSR count). The van der Waals surface area contributed by atoms with Gasteiger partial charge in [0, 0.05) is 52.1 Å². The molecule has 0 N–H and O–H groups in total. The molecule has 25 heavy (non-hydrogen) atoms. The Kier molecular flexibility index (Phi) is 5.42. The molecule has 1 atom stereocenters. The van der Waals surface area contributed by atoms with Gasteiger partial charge in [-0.1, -0.05) is 0 Å². The van der Waals surface area contributed by atoms with Crippen LogP contribution < -0.4 is 0 Å². The summed E-state index contributed by atoms with van der Waals surface area (Å²) < 4.78 is 6.97. The van der Waals surface area contributed by atoms with Crippen molar-refractivity contribution in [1.29, 1.82) is 0 Å². The lowest BCUT2D eigenvalue weighted by atomic mass is 9.72. The summed E-state index contributed by atoms with van der Waals surface area (Å²) in [6.07, 6.45) is 8.70. The van der Waals surface area contributed by atoms with Crippen molar-refractivity contribution in [3.63, 3.8) is 0 Å². The Morgan fingerprint density at radius 1 is 1.36 bits per heavy atom. The smallest absolute Gasteiger partial charge is 0.245 e. The Morgan fingerprint density at radius 3 is 2.76 bits per heavy atom. The zero-order valence-electron chi connectivity index (χ0n) is 15.2. The number of carbonyl (C=O) groups is 2. The normalized spacial score (nSPS) is 21.6. The van der Waals surface area contributed by atoms with Gasteiger partial charge in [-0.15, -0.1) is 0 Å². The van der Waals surface area contributed by atoms with Crippen molar-refractivity contribution in [3.8, 4) is 0 Å². The summed E-state index contributed by atoms with van der Waals surface area (Å²) in [6.45, 7) is 5.50. The maximum atomic E-state index is 12.7. The largest absolute Gasteiger partial charge is 0.383 e. The van der Waals surface area contributed by atoms with Crippen molar-refractivity contribution in [1.82, 2.24) is 19.4 Å². The van der Waals surface area contributed by atoms with Crippen LogP contribution in [0.1, 0.15) is 38.6 Å². The van der Waals surface area contributed by atoms with Gasteiger partial charge in [-0.3, -0.25) is 9.59 Å². The van der Waals surface area contributed by atoms with E-state index in [9.17, 15) is 9.59 Å². The third-order valence-corrected chi connectivity index (χ3v) is 5.78. The van der Waals surface area contributed by atoms with Gasteiger partial charge < -0.3 is 19.1 Å². The number of amides is 2. The molecule has 3 heterocycles. The topological polar surface area (TPSA) is 67.7 Å². The number of hydrogen-bond acceptors (Lipinski definition) is 4. The highest BCUT2D eigenvalue weighted by Crippen LogP contribution is 2.40. The van der Waals surface area contributed by atoms with Crippen LogP contribution in [0.3, 0.4) is 0 Å². The predicted molar refractivity (Wildman–Crippen MR) is 92.9 cm³/mol. The molecule has 1 aromatic heterocycles. The number of nitrogens with zero attached hydrogens (tertiary/aromatic N) is 4. The van der Waals surface area contributed by atoms with Gasteiger partial charge >= 0.3 is 0 Å². The van der Waals surface area contributed by atoms with Crippen LogP contribution >= 0.6 is 0 Å². The van der Waals surface area contributed by atoms with Crippen LogP contribution in [0.5, 0.6) is 0 Å². The number of hydrogen-bond donors (Lipinski definition) is 0. The van der Waals surface area contributed by atoms with Crippen LogP contribution in [0, 0.1) is 5.41 Å². The summed E-state index contributed by atoms with van der Waals surface area (Å²) in [5.74, 6) is 0.380. The third kappa shape index (κ3) is 3.86. The quantitative estimate of drug-likeness (QED) is 0.805. The fourth-order valence-electron chi connectivity index (χ4n) is 4.01. The number of likely N-dealkylation sites (tertiary alicyclic amines) is 2. The van der Waals surface area contributed by atoms with E-state index in [0.717, 1.165) is 38.9 Å². The van der Waals surface area contributed by atoms with E-state index < -0.39 is 0 Å².